The third-order valence-electron chi connectivity index (χ3n) is 2.31. The Hall–Kier alpha value is -1.06. The van der Waals surface area contributed by atoms with Crippen LogP contribution in [0.1, 0.15) is 12.0 Å². The van der Waals surface area contributed by atoms with Crippen molar-refractivity contribution in [3.05, 3.63) is 34.9 Å². The van der Waals surface area contributed by atoms with Crippen LogP contribution in [-0.2, 0) is 11.2 Å². The highest BCUT2D eigenvalue weighted by Gasteiger charge is 1.97. The van der Waals surface area contributed by atoms with Gasteiger partial charge in [-0.1, -0.05) is 23.7 Å². The Balaban J connectivity index is 2.11. The van der Waals surface area contributed by atoms with Crippen LogP contribution in [0.5, 0.6) is 0 Å². The van der Waals surface area contributed by atoms with Gasteiger partial charge < -0.3 is 10.6 Å². The van der Waals surface area contributed by atoms with E-state index in [0.29, 0.717) is 13.0 Å². The normalized spacial score (nSPS) is 10.1. The molecule has 0 aromatic heterocycles. The summed E-state index contributed by atoms with van der Waals surface area (Å²) < 4.78 is 0. The second-order valence-corrected chi connectivity index (χ2v) is 3.99. The van der Waals surface area contributed by atoms with Crippen LogP contribution in [0.15, 0.2) is 24.3 Å². The number of hydrogen-bond acceptors (Lipinski definition) is 2. The van der Waals surface area contributed by atoms with E-state index in [0.717, 1.165) is 18.0 Å². The molecule has 3 nitrogen and oxygen atoms in total. The van der Waals surface area contributed by atoms with Gasteiger partial charge in [0.1, 0.15) is 0 Å². The Morgan fingerprint density at radius 3 is 2.56 bits per heavy atom. The minimum Gasteiger partial charge on any atom is -0.359 e. The van der Waals surface area contributed by atoms with Gasteiger partial charge >= 0.3 is 0 Å². The summed E-state index contributed by atoms with van der Waals surface area (Å²) in [5.74, 6) is 0.0685. The minimum atomic E-state index is 0.0685. The molecule has 4 heteroatoms. The fourth-order valence-corrected chi connectivity index (χ4v) is 1.46. The second-order valence-electron chi connectivity index (χ2n) is 3.55. The summed E-state index contributed by atoms with van der Waals surface area (Å²) in [4.78, 5) is 10.9. The highest BCUT2D eigenvalue weighted by Crippen LogP contribution is 2.09. The number of amides is 1. The average Bonchev–Trinajstić information content (AvgIpc) is 2.31. The molecule has 0 fully saturated rings. The van der Waals surface area contributed by atoms with Crippen molar-refractivity contribution >= 4 is 17.5 Å². The average molecular weight is 241 g/mol. The lowest BCUT2D eigenvalue weighted by molar-refractivity contribution is -0.120. The van der Waals surface area contributed by atoms with Gasteiger partial charge in [-0.2, -0.15) is 0 Å². The monoisotopic (exact) mass is 240 g/mol. The molecule has 88 valence electrons. The molecule has 0 heterocycles. The fraction of sp³-hybridized carbons (Fsp3) is 0.417. The standard InChI is InChI=1S/C12H17ClN2O/c1-14-12(16)7-9-15-8-6-10-2-4-11(13)5-3-10/h2-5,15H,6-9H2,1H3,(H,14,16). The lowest BCUT2D eigenvalue weighted by Gasteiger charge is -2.04. The van der Waals surface area contributed by atoms with E-state index in [-0.39, 0.29) is 5.91 Å². The van der Waals surface area contributed by atoms with Gasteiger partial charge in [-0.15, -0.1) is 0 Å². The molecule has 0 atom stereocenters. The van der Waals surface area contributed by atoms with Gasteiger partial charge in [0.2, 0.25) is 5.91 Å². The maximum Gasteiger partial charge on any atom is 0.221 e. The van der Waals surface area contributed by atoms with Crippen molar-refractivity contribution in [2.45, 2.75) is 12.8 Å². The van der Waals surface area contributed by atoms with Crippen molar-refractivity contribution in [2.24, 2.45) is 0 Å². The summed E-state index contributed by atoms with van der Waals surface area (Å²) in [5, 5.41) is 6.57. The minimum absolute atomic E-state index is 0.0685. The Morgan fingerprint density at radius 1 is 1.25 bits per heavy atom. The Kier molecular flexibility index (Phi) is 5.90. The first kappa shape index (κ1) is 13.0. The van der Waals surface area contributed by atoms with Gasteiger partial charge in [0.15, 0.2) is 0 Å². The highest BCUT2D eigenvalue weighted by atomic mass is 35.5. The van der Waals surface area contributed by atoms with Gasteiger partial charge in [-0.25, -0.2) is 0 Å². The molecular formula is C12H17ClN2O. The third kappa shape index (κ3) is 5.14. The summed E-state index contributed by atoms with van der Waals surface area (Å²) in [7, 11) is 1.65. The smallest absolute Gasteiger partial charge is 0.221 e. The Bertz CT molecular complexity index is 324. The van der Waals surface area contributed by atoms with Crippen LogP contribution >= 0.6 is 11.6 Å². The van der Waals surface area contributed by atoms with Gasteiger partial charge in [0.25, 0.3) is 0 Å². The lowest BCUT2D eigenvalue weighted by atomic mass is 10.1. The van der Waals surface area contributed by atoms with Crippen LogP contribution in [0, 0.1) is 0 Å². The molecule has 0 spiro atoms. The first-order valence-corrected chi connectivity index (χ1v) is 5.76. The molecule has 0 aliphatic heterocycles. The van der Waals surface area contributed by atoms with Crippen molar-refractivity contribution in [1.29, 1.82) is 0 Å². The van der Waals surface area contributed by atoms with Gasteiger partial charge in [-0.05, 0) is 30.7 Å². The molecule has 0 radical (unpaired) electrons. The van der Waals surface area contributed by atoms with Crippen LogP contribution in [0.2, 0.25) is 5.02 Å². The fourth-order valence-electron chi connectivity index (χ4n) is 1.34. The quantitative estimate of drug-likeness (QED) is 0.742. The zero-order valence-corrected chi connectivity index (χ0v) is 10.2. The molecule has 0 bridgehead atoms. The largest absolute Gasteiger partial charge is 0.359 e. The van der Waals surface area contributed by atoms with Crippen molar-refractivity contribution in [2.75, 3.05) is 20.1 Å². The first-order chi connectivity index (χ1) is 7.72. The van der Waals surface area contributed by atoms with Crippen LogP contribution in [0.4, 0.5) is 0 Å². The van der Waals surface area contributed by atoms with E-state index in [1.165, 1.54) is 5.56 Å². The highest BCUT2D eigenvalue weighted by molar-refractivity contribution is 6.30. The zero-order chi connectivity index (χ0) is 11.8. The van der Waals surface area contributed by atoms with Crippen LogP contribution in [0.3, 0.4) is 0 Å². The lowest BCUT2D eigenvalue weighted by Crippen LogP contribution is -2.25. The van der Waals surface area contributed by atoms with E-state index in [9.17, 15) is 4.79 Å². The number of carbonyl (C=O) groups is 1. The Morgan fingerprint density at radius 2 is 1.94 bits per heavy atom. The molecule has 1 rings (SSSR count). The molecule has 0 saturated carbocycles. The summed E-state index contributed by atoms with van der Waals surface area (Å²) >= 11 is 5.79. The zero-order valence-electron chi connectivity index (χ0n) is 9.42. The maximum atomic E-state index is 10.9. The predicted molar refractivity (Wildman–Crippen MR) is 66.7 cm³/mol. The number of hydrogen-bond donors (Lipinski definition) is 2. The molecule has 1 amide bonds. The van der Waals surface area contributed by atoms with E-state index in [2.05, 4.69) is 10.6 Å². The summed E-state index contributed by atoms with van der Waals surface area (Å²) in [6.07, 6.45) is 1.47. The summed E-state index contributed by atoms with van der Waals surface area (Å²) in [5.41, 5.74) is 1.25. The van der Waals surface area contributed by atoms with Crippen molar-refractivity contribution < 1.29 is 4.79 Å². The predicted octanol–water partition coefficient (Wildman–Crippen LogP) is 1.61. The van der Waals surface area contributed by atoms with E-state index in [1.54, 1.807) is 7.05 Å². The van der Waals surface area contributed by atoms with Crippen LogP contribution in [-0.4, -0.2) is 26.0 Å². The van der Waals surface area contributed by atoms with E-state index < -0.39 is 0 Å². The molecule has 0 saturated heterocycles. The number of halogens is 1. The number of benzene rings is 1. The molecule has 0 aliphatic carbocycles. The van der Waals surface area contributed by atoms with E-state index >= 15 is 0 Å². The van der Waals surface area contributed by atoms with E-state index in [4.69, 9.17) is 11.6 Å². The van der Waals surface area contributed by atoms with Gasteiger partial charge in [0, 0.05) is 25.0 Å². The van der Waals surface area contributed by atoms with Crippen molar-refractivity contribution in [1.82, 2.24) is 10.6 Å². The second kappa shape index (κ2) is 7.25. The van der Waals surface area contributed by atoms with Crippen molar-refractivity contribution in [3.8, 4) is 0 Å². The van der Waals surface area contributed by atoms with Crippen LogP contribution < -0.4 is 10.6 Å². The number of nitrogens with one attached hydrogen (secondary N) is 2. The van der Waals surface area contributed by atoms with Crippen LogP contribution in [0.25, 0.3) is 0 Å². The molecule has 16 heavy (non-hydrogen) atoms. The first-order valence-electron chi connectivity index (χ1n) is 5.38. The summed E-state index contributed by atoms with van der Waals surface area (Å²) in [6.45, 7) is 1.59. The summed E-state index contributed by atoms with van der Waals surface area (Å²) in [6, 6.07) is 7.81. The number of rotatable bonds is 6. The van der Waals surface area contributed by atoms with E-state index in [1.807, 2.05) is 24.3 Å². The third-order valence-corrected chi connectivity index (χ3v) is 2.56. The van der Waals surface area contributed by atoms with Gasteiger partial charge in [0.05, 0.1) is 0 Å². The Labute approximate surface area is 101 Å². The molecular weight excluding hydrogens is 224 g/mol. The maximum absolute atomic E-state index is 10.9. The van der Waals surface area contributed by atoms with Gasteiger partial charge in [-0.3, -0.25) is 4.79 Å². The molecule has 1 aromatic carbocycles. The molecule has 0 aliphatic rings. The topological polar surface area (TPSA) is 41.1 Å². The van der Waals surface area contributed by atoms with Crippen molar-refractivity contribution in [3.63, 3.8) is 0 Å². The molecule has 0 unspecified atom stereocenters. The molecule has 2 N–H and O–H groups in total. The SMILES string of the molecule is CNC(=O)CCNCCc1ccc(Cl)cc1. The number of carbonyl (C=O) groups excluding carboxylic acids is 1. The molecule has 1 aromatic rings.